The van der Waals surface area contributed by atoms with Crippen LogP contribution in [0.5, 0.6) is 0 Å². The standard InChI is InChI=1S/C13H15ClN2OS/c1-4-16-11(13(14)9(3)15-16)5-12(17)10-7-18-6-8(10)2/h6-7H,4-5H2,1-3H3. The van der Waals surface area contributed by atoms with Gasteiger partial charge in [-0.15, -0.1) is 0 Å². The minimum Gasteiger partial charge on any atom is -0.294 e. The maximum Gasteiger partial charge on any atom is 0.169 e. The van der Waals surface area contributed by atoms with Crippen molar-refractivity contribution in [3.8, 4) is 0 Å². The molecule has 0 saturated heterocycles. The highest BCUT2D eigenvalue weighted by Crippen LogP contribution is 2.23. The van der Waals surface area contributed by atoms with Crippen LogP contribution in [0.1, 0.15) is 34.2 Å². The van der Waals surface area contributed by atoms with Crippen molar-refractivity contribution in [1.29, 1.82) is 0 Å². The zero-order chi connectivity index (χ0) is 13.3. The average Bonchev–Trinajstić information content (AvgIpc) is 2.87. The van der Waals surface area contributed by atoms with Crippen molar-refractivity contribution < 1.29 is 4.79 Å². The Balaban J connectivity index is 2.30. The van der Waals surface area contributed by atoms with E-state index in [0.717, 1.165) is 29.1 Å². The monoisotopic (exact) mass is 282 g/mol. The van der Waals surface area contributed by atoms with Crippen LogP contribution in [0, 0.1) is 13.8 Å². The van der Waals surface area contributed by atoms with Gasteiger partial charge in [-0.25, -0.2) is 0 Å². The van der Waals surface area contributed by atoms with Gasteiger partial charge >= 0.3 is 0 Å². The van der Waals surface area contributed by atoms with Gasteiger partial charge in [0.25, 0.3) is 0 Å². The van der Waals surface area contributed by atoms with Gasteiger partial charge in [0.1, 0.15) is 0 Å². The Morgan fingerprint density at radius 3 is 2.72 bits per heavy atom. The van der Waals surface area contributed by atoms with Crippen molar-refractivity contribution in [1.82, 2.24) is 9.78 Å². The molecule has 0 aromatic carbocycles. The highest BCUT2D eigenvalue weighted by atomic mass is 35.5. The molecule has 0 bridgehead atoms. The summed E-state index contributed by atoms with van der Waals surface area (Å²) in [5.74, 6) is 0.102. The Bertz CT molecular complexity index is 586. The average molecular weight is 283 g/mol. The molecule has 0 aliphatic rings. The van der Waals surface area contributed by atoms with Gasteiger partial charge in [-0.2, -0.15) is 16.4 Å². The van der Waals surface area contributed by atoms with Gasteiger partial charge in [0.2, 0.25) is 0 Å². The number of hydrogen-bond acceptors (Lipinski definition) is 3. The van der Waals surface area contributed by atoms with Crippen molar-refractivity contribution in [2.24, 2.45) is 0 Å². The van der Waals surface area contributed by atoms with Gasteiger partial charge in [-0.05, 0) is 31.7 Å². The van der Waals surface area contributed by atoms with Crippen LogP contribution in [0.4, 0.5) is 0 Å². The Morgan fingerprint density at radius 1 is 1.44 bits per heavy atom. The lowest BCUT2D eigenvalue weighted by Gasteiger charge is -2.04. The van der Waals surface area contributed by atoms with Crippen molar-refractivity contribution in [3.63, 3.8) is 0 Å². The second kappa shape index (κ2) is 5.24. The highest BCUT2D eigenvalue weighted by molar-refractivity contribution is 7.08. The molecule has 3 nitrogen and oxygen atoms in total. The molecule has 0 atom stereocenters. The lowest BCUT2D eigenvalue weighted by Crippen LogP contribution is -2.10. The van der Waals surface area contributed by atoms with Crippen molar-refractivity contribution >= 4 is 28.7 Å². The van der Waals surface area contributed by atoms with E-state index in [2.05, 4.69) is 5.10 Å². The topological polar surface area (TPSA) is 34.9 Å². The molecule has 2 aromatic heterocycles. The molecule has 96 valence electrons. The summed E-state index contributed by atoms with van der Waals surface area (Å²) in [5.41, 5.74) is 3.41. The minimum atomic E-state index is 0.102. The van der Waals surface area contributed by atoms with Crippen LogP contribution in [-0.4, -0.2) is 15.6 Å². The quantitative estimate of drug-likeness (QED) is 0.802. The molecule has 0 amide bonds. The molecule has 0 fully saturated rings. The smallest absolute Gasteiger partial charge is 0.169 e. The number of halogens is 1. The SMILES string of the molecule is CCn1nc(C)c(Cl)c1CC(=O)c1cscc1C. The predicted molar refractivity (Wildman–Crippen MR) is 74.7 cm³/mol. The van der Waals surface area contributed by atoms with Crippen LogP contribution in [0.25, 0.3) is 0 Å². The van der Waals surface area contributed by atoms with E-state index in [0.29, 0.717) is 11.4 Å². The number of hydrogen-bond donors (Lipinski definition) is 0. The van der Waals surface area contributed by atoms with Crippen LogP contribution < -0.4 is 0 Å². The molecule has 0 aliphatic heterocycles. The second-order valence-corrected chi connectivity index (χ2v) is 5.35. The van der Waals surface area contributed by atoms with Crippen LogP contribution in [0.2, 0.25) is 5.02 Å². The van der Waals surface area contributed by atoms with Gasteiger partial charge in [-0.3, -0.25) is 9.48 Å². The van der Waals surface area contributed by atoms with E-state index in [1.54, 1.807) is 16.0 Å². The molecule has 2 heterocycles. The third kappa shape index (κ3) is 2.35. The Hall–Kier alpha value is -1.13. The third-order valence-corrected chi connectivity index (χ3v) is 4.29. The summed E-state index contributed by atoms with van der Waals surface area (Å²) in [6.07, 6.45) is 0.311. The molecule has 0 N–H and O–H groups in total. The van der Waals surface area contributed by atoms with Gasteiger partial charge in [0, 0.05) is 17.5 Å². The zero-order valence-corrected chi connectivity index (χ0v) is 12.2. The highest BCUT2D eigenvalue weighted by Gasteiger charge is 2.18. The molecule has 5 heteroatoms. The summed E-state index contributed by atoms with van der Waals surface area (Å²) >= 11 is 7.75. The Labute approximate surface area is 115 Å². The van der Waals surface area contributed by atoms with Gasteiger partial charge in [-0.1, -0.05) is 11.6 Å². The van der Waals surface area contributed by atoms with E-state index in [9.17, 15) is 4.79 Å². The minimum absolute atomic E-state index is 0.102. The van der Waals surface area contributed by atoms with Gasteiger partial charge in [0.05, 0.1) is 22.8 Å². The summed E-state index contributed by atoms with van der Waals surface area (Å²) in [6.45, 7) is 6.53. The van der Waals surface area contributed by atoms with E-state index in [-0.39, 0.29) is 5.78 Å². The van der Waals surface area contributed by atoms with E-state index >= 15 is 0 Å². The molecule has 0 saturated carbocycles. The van der Waals surface area contributed by atoms with Crippen LogP contribution in [-0.2, 0) is 13.0 Å². The number of Topliss-reactive ketones (excluding diaryl/α,β-unsaturated/α-hetero) is 1. The maximum absolute atomic E-state index is 12.2. The van der Waals surface area contributed by atoms with Crippen molar-refractivity contribution in [2.45, 2.75) is 33.7 Å². The number of carbonyl (C=O) groups is 1. The van der Waals surface area contributed by atoms with Gasteiger partial charge < -0.3 is 0 Å². The van der Waals surface area contributed by atoms with E-state index < -0.39 is 0 Å². The molecule has 0 radical (unpaired) electrons. The number of rotatable bonds is 4. The van der Waals surface area contributed by atoms with E-state index in [4.69, 9.17) is 11.6 Å². The number of ketones is 1. The predicted octanol–water partition coefficient (Wildman–Crippen LogP) is 3.66. The zero-order valence-electron chi connectivity index (χ0n) is 10.7. The van der Waals surface area contributed by atoms with Crippen LogP contribution in [0.3, 0.4) is 0 Å². The Morgan fingerprint density at radius 2 is 2.17 bits per heavy atom. The van der Waals surface area contributed by atoms with E-state index in [1.165, 1.54) is 0 Å². The molecular weight excluding hydrogens is 268 g/mol. The lowest BCUT2D eigenvalue weighted by atomic mass is 10.1. The Kier molecular flexibility index (Phi) is 3.88. The van der Waals surface area contributed by atoms with Crippen LogP contribution >= 0.6 is 22.9 Å². The maximum atomic E-state index is 12.2. The number of aromatic nitrogens is 2. The summed E-state index contributed by atoms with van der Waals surface area (Å²) in [5, 5.41) is 8.81. The molecule has 2 aromatic rings. The first kappa shape index (κ1) is 13.3. The number of thiophene rings is 1. The second-order valence-electron chi connectivity index (χ2n) is 4.23. The number of aryl methyl sites for hydroxylation is 3. The lowest BCUT2D eigenvalue weighted by molar-refractivity contribution is 0.0990. The summed E-state index contributed by atoms with van der Waals surface area (Å²) < 4.78 is 1.80. The summed E-state index contributed by atoms with van der Waals surface area (Å²) in [6, 6.07) is 0. The number of carbonyl (C=O) groups excluding carboxylic acids is 1. The fourth-order valence-electron chi connectivity index (χ4n) is 1.93. The summed E-state index contributed by atoms with van der Waals surface area (Å²) in [7, 11) is 0. The normalized spacial score (nSPS) is 10.9. The molecule has 2 rings (SSSR count). The van der Waals surface area contributed by atoms with Crippen molar-refractivity contribution in [2.75, 3.05) is 0 Å². The first-order chi connectivity index (χ1) is 8.54. The molecule has 0 unspecified atom stereocenters. The summed E-state index contributed by atoms with van der Waals surface area (Å²) in [4.78, 5) is 12.2. The first-order valence-corrected chi connectivity index (χ1v) is 7.14. The largest absolute Gasteiger partial charge is 0.294 e. The van der Waals surface area contributed by atoms with Crippen LogP contribution in [0.15, 0.2) is 10.8 Å². The molecule has 0 aliphatic carbocycles. The van der Waals surface area contributed by atoms with E-state index in [1.807, 2.05) is 31.5 Å². The molecular formula is C13H15ClN2OS. The third-order valence-electron chi connectivity index (χ3n) is 2.94. The van der Waals surface area contributed by atoms with Gasteiger partial charge in [0.15, 0.2) is 5.78 Å². The fraction of sp³-hybridized carbons (Fsp3) is 0.385. The number of nitrogens with zero attached hydrogens (tertiary/aromatic N) is 2. The van der Waals surface area contributed by atoms with Crippen molar-refractivity contribution in [3.05, 3.63) is 38.3 Å². The first-order valence-electron chi connectivity index (χ1n) is 5.82. The molecule has 18 heavy (non-hydrogen) atoms. The molecule has 0 spiro atoms. The fourth-order valence-corrected chi connectivity index (χ4v) is 2.99.